The summed E-state index contributed by atoms with van der Waals surface area (Å²) >= 11 is 1.49. The summed E-state index contributed by atoms with van der Waals surface area (Å²) in [6.45, 7) is 3.63. The van der Waals surface area contributed by atoms with E-state index in [4.69, 9.17) is 0 Å². The smallest absolute Gasteiger partial charge is 0.211 e. The minimum Gasteiger partial charge on any atom is -0.363 e. The summed E-state index contributed by atoms with van der Waals surface area (Å²) in [5.41, 5.74) is 1.74. The first-order chi connectivity index (χ1) is 11.7. The molecule has 1 heterocycles. The monoisotopic (exact) mass is 341 g/mol. The minimum atomic E-state index is -0.368. The van der Waals surface area contributed by atoms with Gasteiger partial charge in [0.25, 0.3) is 0 Å². The van der Waals surface area contributed by atoms with E-state index in [0.29, 0.717) is 17.6 Å². The van der Waals surface area contributed by atoms with E-state index in [2.05, 4.69) is 24.0 Å². The van der Waals surface area contributed by atoms with E-state index in [1.54, 1.807) is 6.07 Å². The Morgan fingerprint density at radius 2 is 1.92 bits per heavy atom. The fourth-order valence-corrected chi connectivity index (χ4v) is 3.67. The quantitative estimate of drug-likeness (QED) is 0.613. The molecule has 2 nitrogen and oxygen atoms in total. The van der Waals surface area contributed by atoms with Crippen LogP contribution in [0.25, 0.3) is 10.1 Å². The maximum absolute atomic E-state index is 13.6. The number of anilines is 1. The van der Waals surface area contributed by atoms with Crippen LogP contribution in [-0.4, -0.2) is 6.54 Å². The second-order valence-corrected chi connectivity index (χ2v) is 6.76. The molecule has 0 atom stereocenters. The topological polar surface area (TPSA) is 20.3 Å². The van der Waals surface area contributed by atoms with Gasteiger partial charge >= 0.3 is 0 Å². The Kier molecular flexibility index (Phi) is 5.26. The van der Waals surface area contributed by atoms with Crippen molar-refractivity contribution < 1.29 is 4.39 Å². The summed E-state index contributed by atoms with van der Waals surface area (Å²) in [4.78, 5) is 15.0. The molecule has 0 radical (unpaired) electrons. The number of hydrogen-bond donors (Lipinski definition) is 0. The highest BCUT2D eigenvalue weighted by molar-refractivity contribution is 7.16. The Morgan fingerprint density at radius 3 is 2.67 bits per heavy atom. The fourth-order valence-electron chi connectivity index (χ4n) is 2.75. The van der Waals surface area contributed by atoms with Gasteiger partial charge in [-0.25, -0.2) is 4.39 Å². The summed E-state index contributed by atoms with van der Waals surface area (Å²) < 4.78 is 14.4. The molecular formula is C20H20FNOS. The van der Waals surface area contributed by atoms with Crippen molar-refractivity contribution in [2.24, 2.45) is 0 Å². The zero-order valence-corrected chi connectivity index (χ0v) is 14.5. The van der Waals surface area contributed by atoms with Crippen LogP contribution in [0.3, 0.4) is 0 Å². The van der Waals surface area contributed by atoms with Gasteiger partial charge in [0.05, 0.1) is 5.69 Å². The van der Waals surface area contributed by atoms with Gasteiger partial charge < -0.3 is 4.90 Å². The molecule has 0 aliphatic heterocycles. The first kappa shape index (κ1) is 16.7. The number of rotatable bonds is 6. The van der Waals surface area contributed by atoms with Gasteiger partial charge in [0, 0.05) is 28.6 Å². The van der Waals surface area contributed by atoms with Crippen molar-refractivity contribution in [1.82, 2.24) is 0 Å². The van der Waals surface area contributed by atoms with E-state index in [0.717, 1.165) is 29.6 Å². The van der Waals surface area contributed by atoms with Crippen LogP contribution >= 0.6 is 11.3 Å². The maximum Gasteiger partial charge on any atom is 0.211 e. The predicted octanol–water partition coefficient (Wildman–Crippen LogP) is 5.21. The van der Waals surface area contributed by atoms with Gasteiger partial charge in [0.1, 0.15) is 5.82 Å². The zero-order chi connectivity index (χ0) is 16.9. The average Bonchev–Trinajstić information content (AvgIpc) is 2.60. The molecule has 0 unspecified atom stereocenters. The first-order valence-corrected chi connectivity index (χ1v) is 9.07. The second-order valence-electron chi connectivity index (χ2n) is 5.85. The number of halogens is 1. The average molecular weight is 341 g/mol. The summed E-state index contributed by atoms with van der Waals surface area (Å²) in [7, 11) is 0. The Morgan fingerprint density at radius 1 is 1.12 bits per heavy atom. The highest BCUT2D eigenvalue weighted by Gasteiger charge is 2.14. The van der Waals surface area contributed by atoms with Crippen LogP contribution in [-0.2, 0) is 6.54 Å². The van der Waals surface area contributed by atoms with Crippen molar-refractivity contribution in [2.45, 2.75) is 26.3 Å². The molecule has 2 aromatic carbocycles. The molecule has 0 saturated carbocycles. The van der Waals surface area contributed by atoms with Crippen LogP contribution in [0.1, 0.15) is 25.3 Å². The third kappa shape index (κ3) is 3.65. The van der Waals surface area contributed by atoms with Crippen LogP contribution in [0.5, 0.6) is 0 Å². The van der Waals surface area contributed by atoms with Crippen molar-refractivity contribution >= 4 is 27.1 Å². The van der Waals surface area contributed by atoms with Crippen LogP contribution in [0.2, 0.25) is 0 Å². The van der Waals surface area contributed by atoms with E-state index in [1.165, 1.54) is 23.5 Å². The van der Waals surface area contributed by atoms with Gasteiger partial charge in [0.2, 0.25) is 5.43 Å². The van der Waals surface area contributed by atoms with E-state index in [-0.39, 0.29) is 11.2 Å². The van der Waals surface area contributed by atoms with E-state index in [9.17, 15) is 9.18 Å². The Labute approximate surface area is 145 Å². The summed E-state index contributed by atoms with van der Waals surface area (Å²) in [5.74, 6) is -0.368. The zero-order valence-electron chi connectivity index (χ0n) is 13.7. The third-order valence-corrected chi connectivity index (χ3v) is 5.01. The molecule has 0 N–H and O–H groups in total. The van der Waals surface area contributed by atoms with E-state index < -0.39 is 0 Å². The highest BCUT2D eigenvalue weighted by Crippen LogP contribution is 2.23. The molecule has 0 amide bonds. The highest BCUT2D eigenvalue weighted by atomic mass is 32.1. The normalized spacial score (nSPS) is 10.9. The molecule has 124 valence electrons. The number of benzene rings is 2. The lowest BCUT2D eigenvalue weighted by Crippen LogP contribution is -2.28. The van der Waals surface area contributed by atoms with E-state index >= 15 is 0 Å². The molecule has 1 aromatic heterocycles. The lowest BCUT2D eigenvalue weighted by atomic mass is 10.1. The molecule has 0 fully saturated rings. The molecule has 3 rings (SSSR count). The van der Waals surface area contributed by atoms with Gasteiger partial charge in [-0.05, 0) is 30.2 Å². The van der Waals surface area contributed by atoms with Crippen molar-refractivity contribution in [3.8, 4) is 0 Å². The summed E-state index contributed by atoms with van der Waals surface area (Å²) in [6.07, 6.45) is 2.07. The van der Waals surface area contributed by atoms with Crippen molar-refractivity contribution in [2.75, 3.05) is 11.4 Å². The predicted molar refractivity (Wildman–Crippen MR) is 100 cm³/mol. The maximum atomic E-state index is 13.6. The van der Waals surface area contributed by atoms with Crippen LogP contribution < -0.4 is 10.3 Å². The molecule has 0 aliphatic carbocycles. The van der Waals surface area contributed by atoms with Gasteiger partial charge in [-0.1, -0.05) is 43.7 Å². The fraction of sp³-hybridized carbons (Fsp3) is 0.250. The number of hydrogen-bond acceptors (Lipinski definition) is 3. The molecule has 3 aromatic rings. The number of nitrogens with zero attached hydrogens (tertiary/aromatic N) is 1. The van der Waals surface area contributed by atoms with Crippen LogP contribution in [0, 0.1) is 5.82 Å². The Balaban J connectivity index is 2.02. The van der Waals surface area contributed by atoms with E-state index in [1.807, 2.05) is 23.6 Å². The van der Waals surface area contributed by atoms with Gasteiger partial charge in [-0.15, -0.1) is 11.3 Å². The standard InChI is InChI=1S/C20H20FNOS/c1-2-3-11-22(13-15-7-5-4-6-8-15)18-14-24-19-10-9-16(21)12-17(19)20(18)23/h4-10,12,14H,2-3,11,13H2,1H3. The van der Waals surface area contributed by atoms with Gasteiger partial charge in [-0.3, -0.25) is 4.79 Å². The van der Waals surface area contributed by atoms with Crippen LogP contribution in [0.15, 0.2) is 58.7 Å². The Bertz CT molecular complexity index is 876. The minimum absolute atomic E-state index is 0.0877. The first-order valence-electron chi connectivity index (χ1n) is 8.19. The second kappa shape index (κ2) is 7.58. The Hall–Kier alpha value is -2.20. The summed E-state index contributed by atoms with van der Waals surface area (Å²) in [6, 6.07) is 14.5. The summed E-state index contributed by atoms with van der Waals surface area (Å²) in [5, 5.41) is 2.37. The van der Waals surface area contributed by atoms with Gasteiger partial charge in [0.15, 0.2) is 0 Å². The van der Waals surface area contributed by atoms with Crippen molar-refractivity contribution in [1.29, 1.82) is 0 Å². The largest absolute Gasteiger partial charge is 0.363 e. The SMILES string of the molecule is CCCCN(Cc1ccccc1)c1csc2ccc(F)cc2c1=O. The lowest BCUT2D eigenvalue weighted by Gasteiger charge is -2.24. The van der Waals surface area contributed by atoms with Crippen molar-refractivity contribution in [3.05, 3.63) is 75.5 Å². The van der Waals surface area contributed by atoms with Crippen molar-refractivity contribution in [3.63, 3.8) is 0 Å². The third-order valence-electron chi connectivity index (χ3n) is 4.05. The molecule has 0 saturated heterocycles. The molecule has 0 bridgehead atoms. The number of unbranched alkanes of at least 4 members (excludes halogenated alkanes) is 1. The van der Waals surface area contributed by atoms with Gasteiger partial charge in [-0.2, -0.15) is 0 Å². The molecular weight excluding hydrogens is 321 g/mol. The molecule has 24 heavy (non-hydrogen) atoms. The molecule has 4 heteroatoms. The van der Waals surface area contributed by atoms with Crippen LogP contribution in [0.4, 0.5) is 10.1 Å². The number of fused-ring (bicyclic) bond motifs is 1. The molecule has 0 aliphatic rings. The molecule has 0 spiro atoms. The lowest BCUT2D eigenvalue weighted by molar-refractivity contribution is 0.629.